The van der Waals surface area contributed by atoms with Gasteiger partial charge in [-0.05, 0) is 122 Å². The van der Waals surface area contributed by atoms with Gasteiger partial charge in [-0.2, -0.15) is 0 Å². The molecule has 0 amide bonds. The highest BCUT2D eigenvalue weighted by Crippen LogP contribution is 2.51. The largest absolute Gasteiger partial charge is 0.319 e. The Morgan fingerprint density at radius 3 is 1.51 bits per heavy atom. The third kappa shape index (κ3) is 6.51. The van der Waals surface area contributed by atoms with E-state index in [0.717, 1.165) is 0 Å². The Morgan fingerprint density at radius 2 is 0.938 bits per heavy atom. The Morgan fingerprint density at radius 1 is 0.431 bits per heavy atom. The molecule has 2 aromatic heterocycles. The lowest BCUT2D eigenvalue weighted by molar-refractivity contribution is 0.590. The van der Waals surface area contributed by atoms with E-state index >= 15 is 0 Å². The van der Waals surface area contributed by atoms with Gasteiger partial charge in [-0.25, -0.2) is 0 Å². The number of fused-ring (bicyclic) bond motifs is 10. The average molecular weight is 866 g/mol. The van der Waals surface area contributed by atoms with E-state index in [4.69, 9.17) is 0 Å². The Labute approximate surface area is 390 Å². The van der Waals surface area contributed by atoms with Crippen LogP contribution in [0.5, 0.6) is 0 Å². The maximum Gasteiger partial charge on any atom is 0.273 e. The number of benzene rings is 7. The second kappa shape index (κ2) is 14.2. The zero-order chi connectivity index (χ0) is 45.5. The van der Waals surface area contributed by atoms with Crippen LogP contribution in [0.25, 0.3) is 36.8 Å². The molecule has 3 nitrogen and oxygen atoms in total. The zero-order valence-corrected chi connectivity index (χ0v) is 41.0. The Bertz CT molecular complexity index is 3340. The topological polar surface area (TPSA) is 11.4 Å². The van der Waals surface area contributed by atoms with Gasteiger partial charge in [0.15, 0.2) is 0 Å². The van der Waals surface area contributed by atoms with Crippen molar-refractivity contribution >= 4 is 99.8 Å². The van der Waals surface area contributed by atoms with Crippen molar-refractivity contribution in [2.24, 2.45) is 0 Å². The van der Waals surface area contributed by atoms with Crippen LogP contribution in [0.2, 0.25) is 0 Å². The molecule has 0 N–H and O–H groups in total. The number of thiophene rings is 1. The molecule has 7 aromatic carbocycles. The van der Waals surface area contributed by atoms with Crippen LogP contribution in [-0.2, 0) is 21.7 Å². The van der Waals surface area contributed by atoms with Crippen LogP contribution in [-0.4, -0.2) is 11.3 Å². The summed E-state index contributed by atoms with van der Waals surface area (Å²) in [6.07, 6.45) is 0. The van der Waals surface area contributed by atoms with Gasteiger partial charge in [0.25, 0.3) is 6.71 Å². The summed E-state index contributed by atoms with van der Waals surface area (Å²) in [7, 11) is 0. The molecule has 11 rings (SSSR count). The molecule has 4 heterocycles. The van der Waals surface area contributed by atoms with Crippen LogP contribution >= 0.6 is 11.3 Å². The fraction of sp³-hybridized carbons (Fsp3) is 0.267. The van der Waals surface area contributed by atoms with Gasteiger partial charge >= 0.3 is 0 Å². The summed E-state index contributed by atoms with van der Waals surface area (Å²) in [6.45, 7) is 27.7. The summed E-state index contributed by atoms with van der Waals surface area (Å²) in [5.74, 6) is 0. The summed E-state index contributed by atoms with van der Waals surface area (Å²) >= 11 is 1.93. The first kappa shape index (κ1) is 41.7. The van der Waals surface area contributed by atoms with E-state index in [1.807, 2.05) is 11.3 Å². The molecule has 0 aliphatic carbocycles. The van der Waals surface area contributed by atoms with Crippen LogP contribution in [0.3, 0.4) is 0 Å². The molecule has 0 radical (unpaired) electrons. The van der Waals surface area contributed by atoms with Crippen molar-refractivity contribution in [3.8, 4) is 5.69 Å². The van der Waals surface area contributed by atoms with Crippen LogP contribution in [0.1, 0.15) is 105 Å². The second-order valence-electron chi connectivity index (χ2n) is 22.7. The van der Waals surface area contributed by atoms with Crippen molar-refractivity contribution < 1.29 is 0 Å². The molecule has 2 aliphatic rings. The molecule has 5 heteroatoms. The van der Waals surface area contributed by atoms with Gasteiger partial charge in [0, 0.05) is 65.3 Å². The molecule has 2 aliphatic heterocycles. The number of hydrogen-bond donors (Lipinski definition) is 0. The first-order chi connectivity index (χ1) is 30.8. The molecule has 324 valence electrons. The molecular formula is C60H60BN3S. The molecule has 9 aromatic rings. The summed E-state index contributed by atoms with van der Waals surface area (Å²) in [5, 5.41) is 3.94. The monoisotopic (exact) mass is 865 g/mol. The normalized spacial score (nSPS) is 14.1. The minimum atomic E-state index is -0.0668. The standard InChI is InChI=1S/C60H60BN3S/c1-57(2,3)37-20-27-41(28-21-37)62-47-34-26-40(60(10,11)12)36-46(47)61-53-49(62)17-15-18-50(53)63(42-29-22-38(23-30-42)58(4,5)6)54-52-48(35-33-45-44-16-13-14-19-51(44)65-55(45)52)64(56(54)61)43-31-24-39(25-32-43)59(7,8)9/h13-36H,1-12H3. The van der Waals surface area contributed by atoms with Gasteiger partial charge in [-0.15, -0.1) is 11.3 Å². The smallest absolute Gasteiger partial charge is 0.273 e. The Hall–Kier alpha value is -6.04. The van der Waals surface area contributed by atoms with Gasteiger partial charge in [0.05, 0.1) is 11.2 Å². The maximum absolute atomic E-state index is 2.64. The van der Waals surface area contributed by atoms with Gasteiger partial charge in [-0.1, -0.05) is 162 Å². The summed E-state index contributed by atoms with van der Waals surface area (Å²) in [6, 6.07) is 56.4. The molecule has 0 saturated heterocycles. The van der Waals surface area contributed by atoms with Crippen molar-refractivity contribution in [2.75, 3.05) is 9.80 Å². The van der Waals surface area contributed by atoms with Gasteiger partial charge in [0.2, 0.25) is 0 Å². The van der Waals surface area contributed by atoms with Crippen molar-refractivity contribution in [2.45, 2.75) is 105 Å². The maximum atomic E-state index is 2.64. The van der Waals surface area contributed by atoms with Crippen molar-refractivity contribution in [1.82, 2.24) is 4.57 Å². The highest BCUT2D eigenvalue weighted by Gasteiger charge is 2.47. The predicted octanol–water partition coefficient (Wildman–Crippen LogP) is 15.3. The van der Waals surface area contributed by atoms with Crippen molar-refractivity contribution in [1.29, 1.82) is 0 Å². The van der Waals surface area contributed by atoms with Gasteiger partial charge in [-0.3, -0.25) is 0 Å². The lowest BCUT2D eigenvalue weighted by Crippen LogP contribution is -2.63. The number of rotatable bonds is 3. The number of nitrogens with zero attached hydrogens (tertiary/aromatic N) is 3. The third-order valence-electron chi connectivity index (χ3n) is 14.2. The summed E-state index contributed by atoms with van der Waals surface area (Å²) in [4.78, 5) is 5.17. The lowest BCUT2D eigenvalue weighted by Gasteiger charge is -2.44. The first-order valence-electron chi connectivity index (χ1n) is 23.5. The molecular weight excluding hydrogens is 806 g/mol. The Balaban J connectivity index is 1.31. The number of anilines is 6. The van der Waals surface area contributed by atoms with Crippen molar-refractivity contribution in [3.63, 3.8) is 0 Å². The van der Waals surface area contributed by atoms with E-state index in [1.54, 1.807) is 0 Å². The Kier molecular flexibility index (Phi) is 9.12. The SMILES string of the molecule is CC(C)(C)c1ccc(N2c3ccc(C(C)(C)C)cc3B3c4c2cccc4N(c2ccc(C(C)(C)C)cc2)c2c3n(-c3ccc(C(C)(C)C)cc3)c3ccc4c5ccccc5sc4c23)cc1. The van der Waals surface area contributed by atoms with E-state index < -0.39 is 0 Å². The van der Waals surface area contributed by atoms with E-state index in [2.05, 4.69) is 243 Å². The number of aromatic nitrogens is 1. The number of hydrogen-bond acceptors (Lipinski definition) is 3. The molecule has 0 bridgehead atoms. The first-order valence-corrected chi connectivity index (χ1v) is 24.3. The predicted molar refractivity (Wildman–Crippen MR) is 285 cm³/mol. The van der Waals surface area contributed by atoms with Gasteiger partial charge in [0.1, 0.15) is 0 Å². The summed E-state index contributed by atoms with van der Waals surface area (Å²) in [5.41, 5.74) is 19.1. The van der Waals surface area contributed by atoms with Crippen LogP contribution < -0.4 is 26.3 Å². The lowest BCUT2D eigenvalue weighted by atomic mass is 9.34. The van der Waals surface area contributed by atoms with Crippen LogP contribution in [0, 0.1) is 0 Å². The molecule has 0 unspecified atom stereocenters. The highest BCUT2D eigenvalue weighted by atomic mass is 32.1. The minimum Gasteiger partial charge on any atom is -0.319 e. The molecule has 0 spiro atoms. The van der Waals surface area contributed by atoms with E-state index in [0.29, 0.717) is 0 Å². The van der Waals surface area contributed by atoms with E-state index in [9.17, 15) is 0 Å². The average Bonchev–Trinajstić information content (AvgIpc) is 3.81. The second-order valence-corrected chi connectivity index (χ2v) is 23.8. The quantitative estimate of drug-likeness (QED) is 0.164. The van der Waals surface area contributed by atoms with Crippen LogP contribution in [0.15, 0.2) is 146 Å². The fourth-order valence-corrected chi connectivity index (χ4v) is 11.8. The minimum absolute atomic E-state index is 0.0264. The van der Waals surface area contributed by atoms with Crippen molar-refractivity contribution in [3.05, 3.63) is 168 Å². The van der Waals surface area contributed by atoms with Crippen LogP contribution in [0.4, 0.5) is 34.1 Å². The highest BCUT2D eigenvalue weighted by molar-refractivity contribution is 7.26. The molecule has 0 fully saturated rings. The van der Waals surface area contributed by atoms with E-state index in [1.165, 1.54) is 110 Å². The summed E-state index contributed by atoms with van der Waals surface area (Å²) < 4.78 is 5.29. The van der Waals surface area contributed by atoms with E-state index in [-0.39, 0.29) is 28.4 Å². The zero-order valence-electron chi connectivity index (χ0n) is 40.2. The molecule has 0 atom stereocenters. The van der Waals surface area contributed by atoms with Gasteiger partial charge < -0.3 is 14.4 Å². The molecule has 0 saturated carbocycles. The third-order valence-corrected chi connectivity index (χ3v) is 15.4. The molecule has 65 heavy (non-hydrogen) atoms. The fourth-order valence-electron chi connectivity index (χ4n) is 10.6.